The molecule has 0 amide bonds. The molecule has 1 aromatic rings. The lowest BCUT2D eigenvalue weighted by atomic mass is 10.3. The standard InChI is InChI=1S/C7H6N2O/c1-2-4-7-6(3-1)8-5-9-10-7/h1-5,8H/q+1. The van der Waals surface area contributed by atoms with Crippen molar-refractivity contribution in [2.45, 2.75) is 0 Å². The maximum atomic E-state index is 4.93. The summed E-state index contributed by atoms with van der Waals surface area (Å²) in [5, 5.41) is 6.53. The second-order valence-electron chi connectivity index (χ2n) is 1.97. The molecule has 1 aliphatic rings. The van der Waals surface area contributed by atoms with Crippen LogP contribution in [0.1, 0.15) is 0 Å². The Balaban J connectivity index is 2.47. The van der Waals surface area contributed by atoms with Crippen molar-refractivity contribution in [2.24, 2.45) is 0 Å². The third-order valence-electron chi connectivity index (χ3n) is 1.31. The minimum absolute atomic E-state index is 0.769. The third-order valence-corrected chi connectivity index (χ3v) is 1.31. The third kappa shape index (κ3) is 0.719. The molecule has 0 unspecified atom stereocenters. The summed E-state index contributed by atoms with van der Waals surface area (Å²) >= 11 is 0. The minimum Gasteiger partial charge on any atom is -0.253 e. The van der Waals surface area contributed by atoms with Crippen LogP contribution in [0.15, 0.2) is 24.3 Å². The fraction of sp³-hybridized carbons (Fsp3) is 0. The van der Waals surface area contributed by atoms with Gasteiger partial charge < -0.3 is 0 Å². The molecule has 0 saturated heterocycles. The van der Waals surface area contributed by atoms with Crippen LogP contribution in [-0.2, 0) is 0 Å². The number of anilines is 1. The summed E-state index contributed by atoms with van der Waals surface area (Å²) in [4.78, 5) is 4.93. The Morgan fingerprint density at radius 3 is 3.10 bits per heavy atom. The first-order valence-corrected chi connectivity index (χ1v) is 3.01. The van der Waals surface area contributed by atoms with E-state index in [2.05, 4.69) is 10.5 Å². The Morgan fingerprint density at radius 1 is 1.30 bits per heavy atom. The van der Waals surface area contributed by atoms with E-state index in [1.807, 2.05) is 24.3 Å². The van der Waals surface area contributed by atoms with E-state index < -0.39 is 0 Å². The highest BCUT2D eigenvalue weighted by molar-refractivity contribution is 5.79. The Morgan fingerprint density at radius 2 is 2.20 bits per heavy atom. The minimum atomic E-state index is 0.769. The van der Waals surface area contributed by atoms with Gasteiger partial charge in [0.15, 0.2) is 10.8 Å². The van der Waals surface area contributed by atoms with E-state index in [0.29, 0.717) is 0 Å². The Bertz CT molecular complexity index is 243. The second kappa shape index (κ2) is 2.02. The number of oxime groups is 1. The number of nitrogens with one attached hydrogen (secondary N) is 1. The van der Waals surface area contributed by atoms with E-state index in [0.717, 1.165) is 11.4 Å². The van der Waals surface area contributed by atoms with Crippen molar-refractivity contribution in [3.05, 3.63) is 24.3 Å². The topological polar surface area (TPSA) is 35.4 Å². The van der Waals surface area contributed by atoms with Crippen molar-refractivity contribution in [3.63, 3.8) is 0 Å². The van der Waals surface area contributed by atoms with Gasteiger partial charge in [0.1, 0.15) is 0 Å². The highest BCUT2D eigenvalue weighted by atomic mass is 16.6. The van der Waals surface area contributed by atoms with Gasteiger partial charge in [0.05, 0.1) is 0 Å². The fourth-order valence-electron chi connectivity index (χ4n) is 0.845. The number of nitrogens with zero attached hydrogens (tertiary/aromatic N) is 1. The number of hydrogen-bond donors (Lipinski definition) is 1. The van der Waals surface area contributed by atoms with Crippen molar-refractivity contribution in [3.8, 4) is 5.75 Å². The molecule has 0 aliphatic carbocycles. The first kappa shape index (κ1) is 5.29. The van der Waals surface area contributed by atoms with Crippen LogP contribution < -0.4 is 15.3 Å². The first-order chi connectivity index (χ1) is 4.97. The fourth-order valence-corrected chi connectivity index (χ4v) is 0.845. The van der Waals surface area contributed by atoms with Crippen LogP contribution in [0.25, 0.3) is 0 Å². The van der Waals surface area contributed by atoms with Gasteiger partial charge >= 0.3 is 6.34 Å². The lowest BCUT2D eigenvalue weighted by molar-refractivity contribution is 0.281. The van der Waals surface area contributed by atoms with Crippen LogP contribution in [0.2, 0.25) is 0 Å². The van der Waals surface area contributed by atoms with Gasteiger partial charge in [-0.05, 0) is 12.1 Å². The summed E-state index contributed by atoms with van der Waals surface area (Å²) in [5.41, 5.74) is 0.956. The van der Waals surface area contributed by atoms with Gasteiger partial charge in [-0.25, -0.2) is 5.32 Å². The molecule has 0 atom stereocenters. The Hall–Kier alpha value is -1.51. The average molecular weight is 134 g/mol. The van der Waals surface area contributed by atoms with E-state index in [1.165, 1.54) is 6.34 Å². The molecule has 0 bridgehead atoms. The largest absolute Gasteiger partial charge is 0.332 e. The summed E-state index contributed by atoms with van der Waals surface area (Å²) < 4.78 is 0. The molecule has 1 aromatic carbocycles. The molecule has 1 N–H and O–H groups in total. The monoisotopic (exact) mass is 134 g/mol. The smallest absolute Gasteiger partial charge is 0.253 e. The SMILES string of the molecule is C1=[N+]Oc2ccccc2N1. The summed E-state index contributed by atoms with van der Waals surface area (Å²) in [6.45, 7) is 0. The van der Waals surface area contributed by atoms with Crippen LogP contribution in [0, 0.1) is 0 Å². The summed E-state index contributed by atoms with van der Waals surface area (Å²) in [7, 11) is 0. The lowest BCUT2D eigenvalue weighted by Crippen LogP contribution is -2.13. The zero-order valence-corrected chi connectivity index (χ0v) is 5.24. The Kier molecular flexibility index (Phi) is 1.07. The molecule has 0 aromatic heterocycles. The first-order valence-electron chi connectivity index (χ1n) is 3.01. The van der Waals surface area contributed by atoms with Gasteiger partial charge in [0.25, 0.3) is 0 Å². The second-order valence-corrected chi connectivity index (χ2v) is 1.97. The molecule has 3 heteroatoms. The quantitative estimate of drug-likeness (QED) is 0.568. The van der Waals surface area contributed by atoms with Crippen molar-refractivity contribution in [1.82, 2.24) is 5.16 Å². The van der Waals surface area contributed by atoms with E-state index >= 15 is 0 Å². The van der Waals surface area contributed by atoms with Crippen LogP contribution in [0.4, 0.5) is 5.69 Å². The predicted octanol–water partition coefficient (Wildman–Crippen LogP) is 0.770. The zero-order valence-electron chi connectivity index (χ0n) is 5.24. The van der Waals surface area contributed by atoms with Gasteiger partial charge in [-0.15, -0.1) is 0 Å². The van der Waals surface area contributed by atoms with Gasteiger partial charge in [0.2, 0.25) is 5.75 Å². The summed E-state index contributed by atoms with van der Waals surface area (Å²) in [6, 6.07) is 7.63. The number of fused-ring (bicyclic) bond motifs is 1. The highest BCUT2D eigenvalue weighted by Gasteiger charge is 2.11. The average Bonchev–Trinajstić information content (AvgIpc) is 2.05. The summed E-state index contributed by atoms with van der Waals surface area (Å²) in [6.07, 6.45) is 1.52. The molecular weight excluding hydrogens is 128 g/mol. The van der Waals surface area contributed by atoms with E-state index in [-0.39, 0.29) is 0 Å². The predicted molar refractivity (Wildman–Crippen MR) is 38.9 cm³/mol. The van der Waals surface area contributed by atoms with Crippen molar-refractivity contribution in [1.29, 1.82) is 0 Å². The molecule has 2 rings (SSSR count). The molecular formula is C7H6N2O+. The zero-order chi connectivity index (χ0) is 6.81. The van der Waals surface area contributed by atoms with E-state index in [9.17, 15) is 0 Å². The molecule has 0 spiro atoms. The van der Waals surface area contributed by atoms with Crippen molar-refractivity contribution < 1.29 is 4.84 Å². The lowest BCUT2D eigenvalue weighted by Gasteiger charge is -2.00. The molecule has 0 saturated carbocycles. The highest BCUT2D eigenvalue weighted by Crippen LogP contribution is 2.22. The van der Waals surface area contributed by atoms with E-state index in [4.69, 9.17) is 4.84 Å². The number of benzene rings is 1. The van der Waals surface area contributed by atoms with Crippen LogP contribution >= 0.6 is 0 Å². The van der Waals surface area contributed by atoms with Crippen molar-refractivity contribution >= 4 is 12.0 Å². The molecule has 0 fully saturated rings. The van der Waals surface area contributed by atoms with Crippen LogP contribution in [0.3, 0.4) is 0 Å². The maximum absolute atomic E-state index is 4.93. The summed E-state index contributed by atoms with van der Waals surface area (Å²) in [5.74, 6) is 0.769. The molecule has 3 nitrogen and oxygen atoms in total. The molecule has 1 heterocycles. The maximum Gasteiger partial charge on any atom is 0.332 e. The van der Waals surface area contributed by atoms with Gasteiger partial charge in [0, 0.05) is 0 Å². The van der Waals surface area contributed by atoms with Crippen LogP contribution in [0.5, 0.6) is 5.75 Å². The molecule has 10 heavy (non-hydrogen) atoms. The van der Waals surface area contributed by atoms with Crippen LogP contribution in [-0.4, -0.2) is 6.34 Å². The number of hydrogen-bond acceptors (Lipinski definition) is 3. The molecule has 49 valence electrons. The normalized spacial score (nSPS) is 13.2. The molecule has 1 aliphatic heterocycles. The number of rotatable bonds is 0. The van der Waals surface area contributed by atoms with Gasteiger partial charge in [-0.2, -0.15) is 0 Å². The van der Waals surface area contributed by atoms with Crippen molar-refractivity contribution in [2.75, 3.05) is 5.32 Å². The molecule has 1 radical (unpaired) electrons. The van der Waals surface area contributed by atoms with Gasteiger partial charge in [-0.1, -0.05) is 12.1 Å². The van der Waals surface area contributed by atoms with Gasteiger partial charge in [-0.3, -0.25) is 4.84 Å². The van der Waals surface area contributed by atoms with E-state index in [1.54, 1.807) is 0 Å². The Labute approximate surface area is 58.3 Å². The number of para-hydroxylation sites is 2.